The van der Waals surface area contributed by atoms with Gasteiger partial charge in [-0.25, -0.2) is 32.3 Å². The maximum Gasteiger partial charge on any atom is 0.410 e. The minimum atomic E-state index is -3.51. The second-order valence-corrected chi connectivity index (χ2v) is 10.3. The number of aromatic nitrogens is 4. The zero-order valence-electron chi connectivity index (χ0n) is 18.5. The molecule has 0 unspecified atom stereocenters. The topological polar surface area (TPSA) is 119 Å². The van der Waals surface area contributed by atoms with Gasteiger partial charge in [-0.3, -0.25) is 0 Å². The molecular weight excluding hydrogens is 451 g/mol. The molecule has 2 aromatic heterocycles. The van der Waals surface area contributed by atoms with Crippen LogP contribution in [0.5, 0.6) is 0 Å². The Morgan fingerprint density at radius 3 is 2.61 bits per heavy atom. The number of carbonyl (C=O) groups excluding carboxylic acids is 1. The first-order chi connectivity index (χ1) is 15.6. The number of nitrogens with one attached hydrogen (secondary N) is 1. The number of amides is 1. The summed E-state index contributed by atoms with van der Waals surface area (Å²) in [6, 6.07) is 3.70. The van der Waals surface area contributed by atoms with E-state index in [1.54, 1.807) is 15.8 Å². The molecule has 1 fully saturated rings. The van der Waals surface area contributed by atoms with Crippen LogP contribution >= 0.6 is 0 Å². The molecule has 1 aromatic carbocycles. The van der Waals surface area contributed by atoms with Crippen molar-refractivity contribution < 1.29 is 22.3 Å². The Labute approximate surface area is 190 Å². The molecule has 3 aromatic rings. The molecule has 1 N–H and O–H groups in total. The number of sulfone groups is 1. The first-order valence-corrected chi connectivity index (χ1v) is 12.4. The van der Waals surface area contributed by atoms with E-state index in [2.05, 4.69) is 20.4 Å². The van der Waals surface area contributed by atoms with Crippen LogP contribution in [-0.2, 0) is 14.6 Å². The standard InChI is InChI=1S/C21H25FN6O4S/c1-13(2)32-21(29)27-8-6-14(7-9-27)28-20-16(11-25-28)19(23-12-24-20)26-18-5-4-15(10-17(18)22)33(3,30)31/h4-5,10-14H,6-9H2,1-3H3,(H,23,24,26). The van der Waals surface area contributed by atoms with Gasteiger partial charge in [-0.2, -0.15) is 5.10 Å². The average molecular weight is 477 g/mol. The molecule has 0 spiro atoms. The van der Waals surface area contributed by atoms with E-state index in [4.69, 9.17) is 4.74 Å². The van der Waals surface area contributed by atoms with E-state index in [0.717, 1.165) is 12.3 Å². The van der Waals surface area contributed by atoms with Gasteiger partial charge in [0.25, 0.3) is 0 Å². The molecule has 0 bridgehead atoms. The molecule has 1 aliphatic rings. The van der Waals surface area contributed by atoms with Crippen LogP contribution in [0.1, 0.15) is 32.7 Å². The molecule has 12 heteroatoms. The summed E-state index contributed by atoms with van der Waals surface area (Å²) in [6.07, 6.45) is 4.90. The number of nitrogens with zero attached hydrogens (tertiary/aromatic N) is 5. The summed E-state index contributed by atoms with van der Waals surface area (Å²) < 4.78 is 44.9. The highest BCUT2D eigenvalue weighted by atomic mass is 32.2. The molecule has 0 aliphatic carbocycles. The number of ether oxygens (including phenoxy) is 1. The van der Waals surface area contributed by atoms with Gasteiger partial charge < -0.3 is 15.0 Å². The molecule has 3 heterocycles. The van der Waals surface area contributed by atoms with Crippen molar-refractivity contribution in [3.63, 3.8) is 0 Å². The first-order valence-electron chi connectivity index (χ1n) is 10.5. The second kappa shape index (κ2) is 8.93. The summed E-state index contributed by atoms with van der Waals surface area (Å²) in [7, 11) is -3.51. The van der Waals surface area contributed by atoms with E-state index in [1.807, 2.05) is 13.8 Å². The number of rotatable bonds is 5. The Bertz CT molecular complexity index is 1290. The maximum absolute atomic E-state index is 14.5. The third-order valence-electron chi connectivity index (χ3n) is 5.42. The van der Waals surface area contributed by atoms with Crippen LogP contribution in [0.4, 0.5) is 20.7 Å². The Hall–Kier alpha value is -3.28. The Balaban J connectivity index is 1.53. The summed E-state index contributed by atoms with van der Waals surface area (Å²) in [5.41, 5.74) is 0.677. The molecule has 1 amide bonds. The molecule has 10 nitrogen and oxygen atoms in total. The first kappa shape index (κ1) is 22.9. The number of halogens is 1. The van der Waals surface area contributed by atoms with E-state index in [-0.39, 0.29) is 28.8 Å². The van der Waals surface area contributed by atoms with E-state index in [1.165, 1.54) is 18.5 Å². The van der Waals surface area contributed by atoms with Crippen molar-refractivity contribution in [2.45, 2.75) is 43.7 Å². The third kappa shape index (κ3) is 4.90. The molecule has 33 heavy (non-hydrogen) atoms. The third-order valence-corrected chi connectivity index (χ3v) is 6.53. The molecule has 0 saturated carbocycles. The van der Waals surface area contributed by atoms with Gasteiger partial charge in [0.2, 0.25) is 0 Å². The molecule has 0 atom stereocenters. The van der Waals surface area contributed by atoms with Crippen LogP contribution < -0.4 is 5.32 Å². The lowest BCUT2D eigenvalue weighted by atomic mass is 10.1. The normalized spacial score (nSPS) is 15.2. The summed E-state index contributed by atoms with van der Waals surface area (Å²) in [5, 5.41) is 7.98. The lowest BCUT2D eigenvalue weighted by Gasteiger charge is -2.31. The maximum atomic E-state index is 14.5. The summed E-state index contributed by atoms with van der Waals surface area (Å²) >= 11 is 0. The molecular formula is C21H25FN6O4S. The van der Waals surface area contributed by atoms with Crippen molar-refractivity contribution in [1.29, 1.82) is 0 Å². The molecule has 1 aliphatic heterocycles. The van der Waals surface area contributed by atoms with Crippen molar-refractivity contribution in [3.05, 3.63) is 36.5 Å². The van der Waals surface area contributed by atoms with Gasteiger partial charge >= 0.3 is 6.09 Å². The quantitative estimate of drug-likeness (QED) is 0.596. The largest absolute Gasteiger partial charge is 0.447 e. The minimum Gasteiger partial charge on any atom is -0.447 e. The molecule has 176 valence electrons. The second-order valence-electron chi connectivity index (χ2n) is 8.24. The monoisotopic (exact) mass is 476 g/mol. The van der Waals surface area contributed by atoms with E-state index < -0.39 is 15.7 Å². The fourth-order valence-electron chi connectivity index (χ4n) is 3.75. The smallest absolute Gasteiger partial charge is 0.410 e. The lowest BCUT2D eigenvalue weighted by Crippen LogP contribution is -2.40. The predicted octanol–water partition coefficient (Wildman–Crippen LogP) is 3.29. The van der Waals surface area contributed by atoms with Gasteiger partial charge in [-0.15, -0.1) is 0 Å². The van der Waals surface area contributed by atoms with Gasteiger partial charge in [-0.05, 0) is 44.9 Å². The Morgan fingerprint density at radius 1 is 1.24 bits per heavy atom. The summed E-state index contributed by atoms with van der Waals surface area (Å²) in [6.45, 7) is 4.73. The zero-order chi connectivity index (χ0) is 23.8. The lowest BCUT2D eigenvalue weighted by molar-refractivity contribution is 0.0656. The van der Waals surface area contributed by atoms with Crippen molar-refractivity contribution in [2.24, 2.45) is 0 Å². The SMILES string of the molecule is CC(C)OC(=O)N1CCC(n2ncc3c(Nc4ccc(S(C)(=O)=O)cc4F)ncnc32)CC1. The van der Waals surface area contributed by atoms with Crippen LogP contribution in [0, 0.1) is 5.82 Å². The summed E-state index contributed by atoms with van der Waals surface area (Å²) in [4.78, 5) is 22.3. The number of fused-ring (bicyclic) bond motifs is 1. The van der Waals surface area contributed by atoms with Crippen molar-refractivity contribution in [2.75, 3.05) is 24.7 Å². The molecule has 1 saturated heterocycles. The van der Waals surface area contributed by atoms with Crippen LogP contribution in [0.3, 0.4) is 0 Å². The number of carbonyl (C=O) groups is 1. The number of benzene rings is 1. The van der Waals surface area contributed by atoms with Crippen molar-refractivity contribution in [3.8, 4) is 0 Å². The van der Waals surface area contributed by atoms with Crippen LogP contribution in [0.15, 0.2) is 35.6 Å². The van der Waals surface area contributed by atoms with Crippen molar-refractivity contribution in [1.82, 2.24) is 24.6 Å². The molecule has 4 rings (SSSR count). The summed E-state index contributed by atoms with van der Waals surface area (Å²) in [5.74, 6) is -0.354. The molecule has 0 radical (unpaired) electrons. The van der Waals surface area contributed by atoms with Gasteiger partial charge in [-0.1, -0.05) is 0 Å². The van der Waals surface area contributed by atoms with Crippen molar-refractivity contribution >= 4 is 38.5 Å². The van der Waals surface area contributed by atoms with Gasteiger partial charge in [0, 0.05) is 19.3 Å². The van der Waals surface area contributed by atoms with Gasteiger partial charge in [0.15, 0.2) is 15.5 Å². The fourth-order valence-corrected chi connectivity index (χ4v) is 4.39. The predicted molar refractivity (Wildman–Crippen MR) is 120 cm³/mol. The highest BCUT2D eigenvalue weighted by molar-refractivity contribution is 7.90. The van der Waals surface area contributed by atoms with E-state index >= 15 is 0 Å². The highest BCUT2D eigenvalue weighted by Crippen LogP contribution is 2.30. The Morgan fingerprint density at radius 2 is 1.97 bits per heavy atom. The number of piperidine rings is 1. The van der Waals surface area contributed by atoms with E-state index in [9.17, 15) is 17.6 Å². The van der Waals surface area contributed by atoms with E-state index in [0.29, 0.717) is 42.8 Å². The van der Waals surface area contributed by atoms with Gasteiger partial charge in [0.1, 0.15) is 18.0 Å². The number of anilines is 2. The fraction of sp³-hybridized carbons (Fsp3) is 0.429. The zero-order valence-corrected chi connectivity index (χ0v) is 19.3. The number of hydrogen-bond donors (Lipinski definition) is 1. The van der Waals surface area contributed by atoms with Gasteiger partial charge in [0.05, 0.1) is 34.3 Å². The number of hydrogen-bond acceptors (Lipinski definition) is 8. The van der Waals surface area contributed by atoms with Crippen LogP contribution in [0.2, 0.25) is 0 Å². The average Bonchev–Trinajstić information content (AvgIpc) is 3.19. The van der Waals surface area contributed by atoms with Crippen LogP contribution in [0.25, 0.3) is 11.0 Å². The highest BCUT2D eigenvalue weighted by Gasteiger charge is 2.27. The number of likely N-dealkylation sites (tertiary alicyclic amines) is 1. The van der Waals surface area contributed by atoms with Crippen LogP contribution in [-0.4, -0.2) is 64.6 Å². The Kier molecular flexibility index (Phi) is 6.19. The minimum absolute atomic E-state index is 0.0409.